The zero-order valence-corrected chi connectivity index (χ0v) is 9.45. The molecule has 1 aromatic rings. The quantitative estimate of drug-likeness (QED) is 0.618. The number of nitrogens with zero attached hydrogens (tertiary/aromatic N) is 1. The van der Waals surface area contributed by atoms with Crippen LogP contribution in [0.3, 0.4) is 0 Å². The first kappa shape index (κ1) is 14.1. The Labute approximate surface area is 101 Å². The average Bonchev–Trinajstić information content (AvgIpc) is 2.24. The van der Waals surface area contributed by atoms with Crippen molar-refractivity contribution in [3.63, 3.8) is 0 Å². The molecule has 0 aliphatic heterocycles. The third kappa shape index (κ3) is 3.83. The summed E-state index contributed by atoms with van der Waals surface area (Å²) in [5, 5.41) is 10.5. The summed E-state index contributed by atoms with van der Waals surface area (Å²) in [4.78, 5) is 20.4. The maximum absolute atomic E-state index is 12.5. The van der Waals surface area contributed by atoms with Gasteiger partial charge in [-0.15, -0.1) is 0 Å². The van der Waals surface area contributed by atoms with E-state index in [0.717, 1.165) is 12.1 Å². The molecule has 0 saturated heterocycles. The highest BCUT2D eigenvalue weighted by Gasteiger charge is 2.32. The monoisotopic (exact) mass is 261 g/mol. The van der Waals surface area contributed by atoms with Gasteiger partial charge in [-0.1, -0.05) is 0 Å². The van der Waals surface area contributed by atoms with E-state index in [1.807, 2.05) is 0 Å². The van der Waals surface area contributed by atoms with E-state index in [4.69, 9.17) is 0 Å². The zero-order valence-electron chi connectivity index (χ0n) is 9.45. The fourth-order valence-corrected chi connectivity index (χ4v) is 1.41. The van der Waals surface area contributed by atoms with Crippen molar-refractivity contribution in [3.8, 4) is 0 Å². The molecule has 0 radical (unpaired) electrons. The lowest BCUT2D eigenvalue weighted by Gasteiger charge is -2.08. The molecule has 4 nitrogen and oxygen atoms in total. The van der Waals surface area contributed by atoms with Crippen molar-refractivity contribution >= 4 is 11.5 Å². The van der Waals surface area contributed by atoms with Crippen molar-refractivity contribution in [2.24, 2.45) is 0 Å². The van der Waals surface area contributed by atoms with Crippen molar-refractivity contribution in [3.05, 3.63) is 39.4 Å². The third-order valence-electron chi connectivity index (χ3n) is 2.28. The normalized spacial score (nSPS) is 11.3. The molecule has 0 spiro atoms. The highest BCUT2D eigenvalue weighted by Crippen LogP contribution is 2.32. The lowest BCUT2D eigenvalue weighted by atomic mass is 10.0. The molecule has 0 saturated carbocycles. The second kappa shape index (κ2) is 5.16. The summed E-state index contributed by atoms with van der Waals surface area (Å²) >= 11 is 0. The van der Waals surface area contributed by atoms with E-state index in [1.165, 1.54) is 6.92 Å². The molecule has 0 aliphatic rings. The summed E-state index contributed by atoms with van der Waals surface area (Å²) in [6, 6.07) is 2.37. The standard InChI is InChI=1S/C11H10F3NO3/c1-7(16)2-3-8-4-9(11(12,13)14)6-10(5-8)15(17)18/h4-6H,2-3H2,1H3. The molecule has 0 heterocycles. The van der Waals surface area contributed by atoms with E-state index in [-0.39, 0.29) is 24.2 Å². The first-order valence-corrected chi connectivity index (χ1v) is 5.05. The molecule has 98 valence electrons. The minimum atomic E-state index is -4.64. The molecule has 0 fully saturated rings. The predicted octanol–water partition coefficient (Wildman–Crippen LogP) is 3.14. The molecule has 0 N–H and O–H groups in total. The smallest absolute Gasteiger partial charge is 0.300 e. The van der Waals surface area contributed by atoms with Crippen LogP contribution in [0, 0.1) is 10.1 Å². The largest absolute Gasteiger partial charge is 0.416 e. The van der Waals surface area contributed by atoms with Crippen molar-refractivity contribution in [1.82, 2.24) is 0 Å². The number of hydrogen-bond acceptors (Lipinski definition) is 3. The maximum atomic E-state index is 12.5. The molecule has 0 unspecified atom stereocenters. The number of carbonyl (C=O) groups excluding carboxylic acids is 1. The van der Waals surface area contributed by atoms with E-state index < -0.39 is 22.4 Å². The van der Waals surface area contributed by atoms with Crippen molar-refractivity contribution < 1.29 is 22.9 Å². The summed E-state index contributed by atoms with van der Waals surface area (Å²) < 4.78 is 37.6. The summed E-state index contributed by atoms with van der Waals surface area (Å²) in [6.07, 6.45) is -4.53. The number of nitro benzene ring substituents is 1. The van der Waals surface area contributed by atoms with Crippen LogP contribution in [0.4, 0.5) is 18.9 Å². The fourth-order valence-electron chi connectivity index (χ4n) is 1.41. The molecule has 0 amide bonds. The molecule has 1 aromatic carbocycles. The molecule has 0 aromatic heterocycles. The second-order valence-corrected chi connectivity index (χ2v) is 3.85. The Balaban J connectivity index is 3.14. The molecular weight excluding hydrogens is 251 g/mol. The minimum Gasteiger partial charge on any atom is -0.300 e. The van der Waals surface area contributed by atoms with Gasteiger partial charge >= 0.3 is 6.18 Å². The topological polar surface area (TPSA) is 60.2 Å². The average molecular weight is 261 g/mol. The molecule has 0 atom stereocenters. The van der Waals surface area contributed by atoms with E-state index >= 15 is 0 Å². The zero-order chi connectivity index (χ0) is 13.9. The minimum absolute atomic E-state index is 0.0540. The number of rotatable bonds is 4. The number of ketones is 1. The molecular formula is C11H10F3NO3. The highest BCUT2D eigenvalue weighted by atomic mass is 19.4. The van der Waals surface area contributed by atoms with Crippen LogP contribution in [0.25, 0.3) is 0 Å². The number of aryl methyl sites for hydroxylation is 1. The van der Waals surface area contributed by atoms with Crippen molar-refractivity contribution in [2.75, 3.05) is 0 Å². The summed E-state index contributed by atoms with van der Waals surface area (Å²) in [7, 11) is 0. The van der Waals surface area contributed by atoms with Gasteiger partial charge in [0.2, 0.25) is 0 Å². The van der Waals surface area contributed by atoms with Crippen LogP contribution < -0.4 is 0 Å². The van der Waals surface area contributed by atoms with Gasteiger partial charge in [-0.05, 0) is 25.0 Å². The fraction of sp³-hybridized carbons (Fsp3) is 0.364. The Morgan fingerprint density at radius 1 is 1.33 bits per heavy atom. The van der Waals surface area contributed by atoms with Crippen LogP contribution in [0.2, 0.25) is 0 Å². The van der Waals surface area contributed by atoms with E-state index in [9.17, 15) is 28.1 Å². The lowest BCUT2D eigenvalue weighted by Crippen LogP contribution is -2.07. The Morgan fingerprint density at radius 3 is 2.39 bits per heavy atom. The van der Waals surface area contributed by atoms with E-state index in [2.05, 4.69) is 0 Å². The Morgan fingerprint density at radius 2 is 1.94 bits per heavy atom. The van der Waals surface area contributed by atoms with Gasteiger partial charge in [0.1, 0.15) is 5.78 Å². The number of hydrogen-bond donors (Lipinski definition) is 0. The lowest BCUT2D eigenvalue weighted by molar-refractivity contribution is -0.385. The Hall–Kier alpha value is -1.92. The Kier molecular flexibility index (Phi) is 4.05. The third-order valence-corrected chi connectivity index (χ3v) is 2.28. The van der Waals surface area contributed by atoms with Crippen LogP contribution in [-0.2, 0) is 17.4 Å². The SMILES string of the molecule is CC(=O)CCc1cc([N+](=O)[O-])cc(C(F)(F)F)c1. The number of carbonyl (C=O) groups is 1. The number of nitro groups is 1. The van der Waals surface area contributed by atoms with Gasteiger partial charge in [-0.3, -0.25) is 10.1 Å². The number of non-ortho nitro benzene ring substituents is 1. The number of halogens is 3. The van der Waals surface area contributed by atoms with Gasteiger partial charge in [-0.2, -0.15) is 13.2 Å². The summed E-state index contributed by atoms with van der Waals surface area (Å²) in [5.41, 5.74) is -1.56. The van der Waals surface area contributed by atoms with Crippen LogP contribution in [-0.4, -0.2) is 10.7 Å². The van der Waals surface area contributed by atoms with Gasteiger partial charge < -0.3 is 4.79 Å². The molecule has 7 heteroatoms. The van der Waals surface area contributed by atoms with Gasteiger partial charge in [0.15, 0.2) is 0 Å². The van der Waals surface area contributed by atoms with E-state index in [0.29, 0.717) is 6.07 Å². The molecule has 1 rings (SSSR count). The Bertz CT molecular complexity index is 483. The van der Waals surface area contributed by atoms with Gasteiger partial charge in [0, 0.05) is 18.6 Å². The van der Waals surface area contributed by atoms with Gasteiger partial charge in [0.25, 0.3) is 5.69 Å². The van der Waals surface area contributed by atoms with Gasteiger partial charge in [0.05, 0.1) is 10.5 Å². The van der Waals surface area contributed by atoms with Crippen LogP contribution >= 0.6 is 0 Å². The summed E-state index contributed by atoms with van der Waals surface area (Å²) in [6.45, 7) is 1.31. The molecule has 0 bridgehead atoms. The second-order valence-electron chi connectivity index (χ2n) is 3.85. The van der Waals surface area contributed by atoms with E-state index in [1.54, 1.807) is 0 Å². The van der Waals surface area contributed by atoms with Gasteiger partial charge in [-0.25, -0.2) is 0 Å². The number of benzene rings is 1. The first-order chi connectivity index (χ1) is 8.20. The van der Waals surface area contributed by atoms with Crippen LogP contribution in [0.15, 0.2) is 18.2 Å². The predicted molar refractivity (Wildman–Crippen MR) is 57.1 cm³/mol. The summed E-state index contributed by atoms with van der Waals surface area (Å²) in [5.74, 6) is -0.185. The first-order valence-electron chi connectivity index (χ1n) is 5.05. The molecule has 0 aliphatic carbocycles. The maximum Gasteiger partial charge on any atom is 0.416 e. The highest BCUT2D eigenvalue weighted by molar-refractivity contribution is 5.75. The van der Waals surface area contributed by atoms with Crippen LogP contribution in [0.5, 0.6) is 0 Å². The molecule has 18 heavy (non-hydrogen) atoms. The number of alkyl halides is 3. The van der Waals surface area contributed by atoms with Crippen molar-refractivity contribution in [2.45, 2.75) is 25.9 Å². The number of Topliss-reactive ketones (excluding diaryl/α,β-unsaturated/α-hetero) is 1. The van der Waals surface area contributed by atoms with Crippen LogP contribution in [0.1, 0.15) is 24.5 Å². The van der Waals surface area contributed by atoms with Crippen molar-refractivity contribution in [1.29, 1.82) is 0 Å².